The summed E-state index contributed by atoms with van der Waals surface area (Å²) in [5.74, 6) is 1.39. The molecule has 1 aliphatic heterocycles. The third-order valence-corrected chi connectivity index (χ3v) is 4.25. The molecule has 1 saturated heterocycles. The number of rotatable bonds is 5. The second-order valence-corrected chi connectivity index (χ2v) is 5.89. The van der Waals surface area contributed by atoms with Crippen molar-refractivity contribution in [2.45, 2.75) is 19.1 Å². The first kappa shape index (κ1) is 15.7. The highest BCUT2D eigenvalue weighted by molar-refractivity contribution is 5.66. The van der Waals surface area contributed by atoms with E-state index >= 15 is 0 Å². The van der Waals surface area contributed by atoms with Gasteiger partial charge in [-0.25, -0.2) is 4.68 Å². The second kappa shape index (κ2) is 6.99. The maximum Gasteiger partial charge on any atom is 0.200 e. The lowest BCUT2D eigenvalue weighted by Gasteiger charge is -2.17. The molecule has 2 heterocycles. The summed E-state index contributed by atoms with van der Waals surface area (Å²) in [6, 6.07) is 18.0. The molecule has 4 rings (SSSR count). The number of para-hydroxylation sites is 1. The standard InChI is InChI=1S/C20H20N2O3/c1-23-18-10-9-15(14-19(18)25-20-8-5-13-24-20)17-11-12-21-22(17)16-6-3-2-4-7-16/h2-4,6-7,9-12,14,20H,5,8,13H2,1H3/t20-/m0/s1. The molecule has 25 heavy (non-hydrogen) atoms. The molecular weight excluding hydrogens is 316 g/mol. The van der Waals surface area contributed by atoms with Gasteiger partial charge in [-0.1, -0.05) is 18.2 Å². The summed E-state index contributed by atoms with van der Waals surface area (Å²) in [6.45, 7) is 0.744. The largest absolute Gasteiger partial charge is 0.493 e. The van der Waals surface area contributed by atoms with Crippen LogP contribution in [0.4, 0.5) is 0 Å². The van der Waals surface area contributed by atoms with Crippen LogP contribution in [-0.2, 0) is 4.74 Å². The Morgan fingerprint density at radius 3 is 2.72 bits per heavy atom. The van der Waals surface area contributed by atoms with Crippen molar-refractivity contribution in [3.05, 3.63) is 60.8 Å². The average molecular weight is 336 g/mol. The average Bonchev–Trinajstić information content (AvgIpc) is 3.34. The molecule has 1 fully saturated rings. The number of aromatic nitrogens is 2. The van der Waals surface area contributed by atoms with Crippen LogP contribution in [0.25, 0.3) is 16.9 Å². The number of nitrogens with zero attached hydrogens (tertiary/aromatic N) is 2. The number of hydrogen-bond donors (Lipinski definition) is 0. The zero-order valence-corrected chi connectivity index (χ0v) is 14.1. The van der Waals surface area contributed by atoms with Crippen molar-refractivity contribution in [3.63, 3.8) is 0 Å². The van der Waals surface area contributed by atoms with E-state index in [1.807, 2.05) is 59.3 Å². The molecule has 0 unspecified atom stereocenters. The molecule has 1 atom stereocenters. The zero-order chi connectivity index (χ0) is 17.1. The lowest BCUT2D eigenvalue weighted by atomic mass is 10.1. The Hall–Kier alpha value is -2.79. The molecule has 0 saturated carbocycles. The van der Waals surface area contributed by atoms with E-state index in [0.29, 0.717) is 11.5 Å². The quantitative estimate of drug-likeness (QED) is 0.705. The van der Waals surface area contributed by atoms with E-state index in [4.69, 9.17) is 14.2 Å². The summed E-state index contributed by atoms with van der Waals surface area (Å²) in [4.78, 5) is 0. The van der Waals surface area contributed by atoms with Crippen LogP contribution in [0.3, 0.4) is 0 Å². The Morgan fingerprint density at radius 1 is 1.08 bits per heavy atom. The van der Waals surface area contributed by atoms with Gasteiger partial charge in [0.15, 0.2) is 17.8 Å². The predicted molar refractivity (Wildman–Crippen MR) is 95.2 cm³/mol. The summed E-state index contributed by atoms with van der Waals surface area (Å²) in [5.41, 5.74) is 3.01. The predicted octanol–water partition coefficient (Wildman–Crippen LogP) is 4.06. The van der Waals surface area contributed by atoms with Crippen LogP contribution in [0.5, 0.6) is 11.5 Å². The summed E-state index contributed by atoms with van der Waals surface area (Å²) in [7, 11) is 1.64. The first-order chi connectivity index (χ1) is 12.3. The highest BCUT2D eigenvalue weighted by Crippen LogP contribution is 2.35. The fourth-order valence-corrected chi connectivity index (χ4v) is 3.01. The van der Waals surface area contributed by atoms with Crippen molar-refractivity contribution < 1.29 is 14.2 Å². The molecule has 0 amide bonds. The summed E-state index contributed by atoms with van der Waals surface area (Å²) >= 11 is 0. The normalized spacial score (nSPS) is 16.8. The maximum atomic E-state index is 6.00. The zero-order valence-electron chi connectivity index (χ0n) is 14.1. The highest BCUT2D eigenvalue weighted by atomic mass is 16.7. The maximum absolute atomic E-state index is 6.00. The molecule has 5 nitrogen and oxygen atoms in total. The molecular formula is C20H20N2O3. The molecule has 128 valence electrons. The van der Waals surface area contributed by atoms with Crippen molar-refractivity contribution in [1.29, 1.82) is 0 Å². The van der Waals surface area contributed by atoms with Gasteiger partial charge in [0.1, 0.15) is 0 Å². The van der Waals surface area contributed by atoms with E-state index < -0.39 is 0 Å². The topological polar surface area (TPSA) is 45.5 Å². The van der Waals surface area contributed by atoms with Crippen molar-refractivity contribution in [1.82, 2.24) is 9.78 Å². The van der Waals surface area contributed by atoms with Gasteiger partial charge in [0, 0.05) is 12.0 Å². The molecule has 0 N–H and O–H groups in total. The molecule has 2 aromatic carbocycles. The molecule has 5 heteroatoms. The first-order valence-corrected chi connectivity index (χ1v) is 8.41. The van der Waals surface area contributed by atoms with E-state index in [1.165, 1.54) is 0 Å². The van der Waals surface area contributed by atoms with Gasteiger partial charge in [0.2, 0.25) is 0 Å². The van der Waals surface area contributed by atoms with Gasteiger partial charge in [0.25, 0.3) is 0 Å². The lowest BCUT2D eigenvalue weighted by Crippen LogP contribution is -2.14. The van der Waals surface area contributed by atoms with E-state index in [9.17, 15) is 0 Å². The Bertz CT molecular complexity index is 839. The first-order valence-electron chi connectivity index (χ1n) is 8.41. The van der Waals surface area contributed by atoms with E-state index in [2.05, 4.69) is 5.10 Å². The second-order valence-electron chi connectivity index (χ2n) is 5.89. The van der Waals surface area contributed by atoms with Crippen molar-refractivity contribution >= 4 is 0 Å². The van der Waals surface area contributed by atoms with Crippen molar-refractivity contribution in [2.24, 2.45) is 0 Å². The van der Waals surface area contributed by atoms with Gasteiger partial charge in [0.05, 0.1) is 31.3 Å². The highest BCUT2D eigenvalue weighted by Gasteiger charge is 2.20. The molecule has 1 aromatic heterocycles. The monoisotopic (exact) mass is 336 g/mol. The Morgan fingerprint density at radius 2 is 1.96 bits per heavy atom. The molecule has 1 aliphatic rings. The van der Waals surface area contributed by atoms with E-state index in [-0.39, 0.29) is 6.29 Å². The van der Waals surface area contributed by atoms with Gasteiger partial charge in [-0.2, -0.15) is 5.10 Å². The fourth-order valence-electron chi connectivity index (χ4n) is 3.01. The van der Waals surface area contributed by atoms with Gasteiger partial charge in [-0.05, 0) is 42.8 Å². The van der Waals surface area contributed by atoms with Crippen LogP contribution in [0.1, 0.15) is 12.8 Å². The molecule has 3 aromatic rings. The lowest BCUT2D eigenvalue weighted by molar-refractivity contribution is -0.0402. The van der Waals surface area contributed by atoms with Gasteiger partial charge in [-0.3, -0.25) is 0 Å². The Balaban J connectivity index is 1.70. The fraction of sp³-hybridized carbons (Fsp3) is 0.250. The molecule has 0 bridgehead atoms. The van der Waals surface area contributed by atoms with Crippen LogP contribution < -0.4 is 9.47 Å². The number of methoxy groups -OCH3 is 1. The van der Waals surface area contributed by atoms with Gasteiger partial charge < -0.3 is 14.2 Å². The van der Waals surface area contributed by atoms with Gasteiger partial charge >= 0.3 is 0 Å². The summed E-state index contributed by atoms with van der Waals surface area (Å²) < 4.78 is 18.9. The minimum absolute atomic E-state index is 0.205. The minimum Gasteiger partial charge on any atom is -0.493 e. The summed E-state index contributed by atoms with van der Waals surface area (Å²) in [5, 5.41) is 4.46. The van der Waals surface area contributed by atoms with Crippen LogP contribution in [-0.4, -0.2) is 29.8 Å². The molecule has 0 radical (unpaired) electrons. The third-order valence-electron chi connectivity index (χ3n) is 4.25. The number of hydrogen-bond acceptors (Lipinski definition) is 4. The van der Waals surface area contributed by atoms with E-state index in [1.54, 1.807) is 13.3 Å². The van der Waals surface area contributed by atoms with Crippen molar-refractivity contribution in [2.75, 3.05) is 13.7 Å². The van der Waals surface area contributed by atoms with Crippen molar-refractivity contribution in [3.8, 4) is 28.4 Å². The smallest absolute Gasteiger partial charge is 0.200 e. The van der Waals surface area contributed by atoms with Crippen LogP contribution in [0.2, 0.25) is 0 Å². The van der Waals surface area contributed by atoms with Crippen LogP contribution >= 0.6 is 0 Å². The van der Waals surface area contributed by atoms with Crippen LogP contribution in [0, 0.1) is 0 Å². The van der Waals surface area contributed by atoms with Gasteiger partial charge in [-0.15, -0.1) is 0 Å². The number of ether oxygens (including phenoxy) is 3. The van der Waals surface area contributed by atoms with Crippen LogP contribution in [0.15, 0.2) is 60.8 Å². The SMILES string of the molecule is COc1ccc(-c2ccnn2-c2ccccc2)cc1O[C@H]1CCCO1. The molecule has 0 aliphatic carbocycles. The summed E-state index contributed by atoms with van der Waals surface area (Å²) in [6.07, 6.45) is 3.51. The Kier molecular flexibility index (Phi) is 4.39. The molecule has 0 spiro atoms. The Labute approximate surface area is 146 Å². The minimum atomic E-state index is -0.205. The number of benzene rings is 2. The van der Waals surface area contributed by atoms with E-state index in [0.717, 1.165) is 36.4 Å². The third kappa shape index (κ3) is 3.23.